The fourth-order valence-corrected chi connectivity index (χ4v) is 3.99. The Morgan fingerprint density at radius 2 is 2.04 bits per heavy atom. The second-order valence-electron chi connectivity index (χ2n) is 6.81. The molecule has 2 heterocycles. The molecule has 1 saturated heterocycles. The number of amides is 1. The molecule has 0 spiro atoms. The number of anilines is 1. The molecule has 1 aromatic carbocycles. The minimum atomic E-state index is 0. The highest BCUT2D eigenvalue weighted by Gasteiger charge is 2.24. The fourth-order valence-electron chi connectivity index (χ4n) is 3.99. The van der Waals surface area contributed by atoms with Gasteiger partial charge in [0.1, 0.15) is 5.82 Å². The van der Waals surface area contributed by atoms with Crippen LogP contribution in [0.2, 0.25) is 0 Å². The van der Waals surface area contributed by atoms with Crippen LogP contribution in [0.4, 0.5) is 5.82 Å². The molecular weight excluding hydrogens is 371 g/mol. The van der Waals surface area contributed by atoms with E-state index in [2.05, 4.69) is 40.0 Å². The number of carbonyl (C=O) groups excluding carboxylic acids is 1. The van der Waals surface area contributed by atoms with Crippen LogP contribution in [0.15, 0.2) is 36.5 Å². The van der Waals surface area contributed by atoms with E-state index in [0.717, 1.165) is 44.5 Å². The molecule has 26 heavy (non-hydrogen) atoms. The summed E-state index contributed by atoms with van der Waals surface area (Å²) in [5, 5.41) is 11.0. The summed E-state index contributed by atoms with van der Waals surface area (Å²) in [6, 6.07) is 11.0. The Balaban J connectivity index is 0.00000121. The lowest BCUT2D eigenvalue weighted by atomic mass is 9.88. The van der Waals surface area contributed by atoms with E-state index in [-0.39, 0.29) is 36.8 Å². The van der Waals surface area contributed by atoms with Crippen molar-refractivity contribution >= 4 is 36.5 Å². The lowest BCUT2D eigenvalue weighted by Crippen LogP contribution is -2.28. The van der Waals surface area contributed by atoms with E-state index in [1.807, 2.05) is 10.7 Å². The number of hydrogen-bond donors (Lipinski definition) is 2. The number of halogens is 2. The van der Waals surface area contributed by atoms with Gasteiger partial charge in [0.25, 0.3) is 0 Å². The van der Waals surface area contributed by atoms with Crippen molar-refractivity contribution in [1.29, 1.82) is 0 Å². The molecule has 1 fully saturated rings. The maximum atomic E-state index is 12.4. The van der Waals surface area contributed by atoms with Gasteiger partial charge in [-0.1, -0.05) is 24.3 Å². The van der Waals surface area contributed by atoms with E-state index in [1.165, 1.54) is 11.1 Å². The van der Waals surface area contributed by atoms with Crippen molar-refractivity contribution in [3.8, 4) is 0 Å². The van der Waals surface area contributed by atoms with E-state index in [1.54, 1.807) is 6.20 Å². The van der Waals surface area contributed by atoms with Crippen LogP contribution in [0, 0.1) is 0 Å². The smallest absolute Gasteiger partial charge is 0.227 e. The van der Waals surface area contributed by atoms with Crippen molar-refractivity contribution in [3.05, 3.63) is 47.7 Å². The van der Waals surface area contributed by atoms with E-state index in [9.17, 15) is 4.79 Å². The average Bonchev–Trinajstić information content (AvgIpc) is 3.26. The topological polar surface area (TPSA) is 59.0 Å². The molecule has 142 valence electrons. The van der Waals surface area contributed by atoms with Crippen molar-refractivity contribution < 1.29 is 4.79 Å². The van der Waals surface area contributed by atoms with Crippen molar-refractivity contribution in [2.75, 3.05) is 11.9 Å². The summed E-state index contributed by atoms with van der Waals surface area (Å²) in [5.41, 5.74) is 2.73. The van der Waals surface area contributed by atoms with Crippen molar-refractivity contribution in [2.24, 2.45) is 0 Å². The zero-order chi connectivity index (χ0) is 16.4. The number of hydrogen-bond acceptors (Lipinski definition) is 3. The molecule has 1 aliphatic carbocycles. The van der Waals surface area contributed by atoms with Gasteiger partial charge >= 0.3 is 0 Å². The van der Waals surface area contributed by atoms with Crippen LogP contribution in [0.25, 0.3) is 0 Å². The first kappa shape index (κ1) is 20.7. The summed E-state index contributed by atoms with van der Waals surface area (Å²) in [4.78, 5) is 12.4. The van der Waals surface area contributed by atoms with Gasteiger partial charge in [-0.25, -0.2) is 4.68 Å². The fraction of sp³-hybridized carbons (Fsp3) is 0.474. The highest BCUT2D eigenvalue weighted by Crippen LogP contribution is 2.34. The summed E-state index contributed by atoms with van der Waals surface area (Å²) in [7, 11) is 0. The minimum Gasteiger partial charge on any atom is -0.313 e. The third-order valence-electron chi connectivity index (χ3n) is 5.16. The molecule has 1 aliphatic heterocycles. The molecule has 0 bridgehead atoms. The van der Waals surface area contributed by atoms with Gasteiger partial charge in [-0.2, -0.15) is 5.10 Å². The number of benzene rings is 1. The van der Waals surface area contributed by atoms with Gasteiger partial charge in [0, 0.05) is 18.5 Å². The molecule has 2 unspecified atom stereocenters. The molecule has 2 aromatic rings. The number of aromatic nitrogens is 2. The molecule has 5 nitrogen and oxygen atoms in total. The van der Waals surface area contributed by atoms with Crippen molar-refractivity contribution in [3.63, 3.8) is 0 Å². The molecule has 1 amide bonds. The Labute approximate surface area is 166 Å². The molecule has 0 radical (unpaired) electrons. The minimum absolute atomic E-state index is 0. The van der Waals surface area contributed by atoms with Gasteiger partial charge < -0.3 is 10.6 Å². The predicted molar refractivity (Wildman–Crippen MR) is 109 cm³/mol. The van der Waals surface area contributed by atoms with Gasteiger partial charge in [-0.15, -0.1) is 24.8 Å². The third kappa shape index (κ3) is 4.40. The van der Waals surface area contributed by atoms with E-state index in [4.69, 9.17) is 0 Å². The van der Waals surface area contributed by atoms with Gasteiger partial charge in [0.05, 0.1) is 12.2 Å². The zero-order valence-corrected chi connectivity index (χ0v) is 16.3. The van der Waals surface area contributed by atoms with E-state index >= 15 is 0 Å². The zero-order valence-electron chi connectivity index (χ0n) is 14.7. The van der Waals surface area contributed by atoms with Crippen molar-refractivity contribution in [1.82, 2.24) is 15.1 Å². The monoisotopic (exact) mass is 396 g/mol. The van der Waals surface area contributed by atoms with Crippen LogP contribution >= 0.6 is 24.8 Å². The Bertz CT molecular complexity index is 728. The summed E-state index contributed by atoms with van der Waals surface area (Å²) in [6.45, 7) is 1.02. The first-order valence-corrected chi connectivity index (χ1v) is 8.96. The highest BCUT2D eigenvalue weighted by molar-refractivity contribution is 5.90. The first-order chi connectivity index (χ1) is 11.8. The lowest BCUT2D eigenvalue weighted by Gasteiger charge is -2.27. The summed E-state index contributed by atoms with van der Waals surface area (Å²) >= 11 is 0. The van der Waals surface area contributed by atoms with Crippen LogP contribution in [0.3, 0.4) is 0 Å². The summed E-state index contributed by atoms with van der Waals surface area (Å²) in [5.74, 6) is 0.875. The molecular formula is C19H26Cl2N4O. The Hall–Kier alpha value is -1.56. The predicted octanol–water partition coefficient (Wildman–Crippen LogP) is 3.73. The van der Waals surface area contributed by atoms with E-state index in [0.29, 0.717) is 12.5 Å². The Morgan fingerprint density at radius 1 is 1.19 bits per heavy atom. The van der Waals surface area contributed by atoms with Crippen LogP contribution in [0.1, 0.15) is 49.3 Å². The molecule has 2 atom stereocenters. The van der Waals surface area contributed by atoms with Crippen LogP contribution in [-0.4, -0.2) is 28.3 Å². The molecule has 0 saturated carbocycles. The molecule has 4 rings (SSSR count). The number of nitrogens with zero attached hydrogens (tertiary/aromatic N) is 2. The van der Waals surface area contributed by atoms with Crippen LogP contribution < -0.4 is 10.6 Å². The Kier molecular flexibility index (Phi) is 7.50. The standard InChI is InChI=1S/C19H24N4O.2ClH/c24-19(13-15-7-4-11-20-15)22-18-10-12-21-23(18)17-9-3-6-14-5-1-2-8-16(14)17;;/h1-2,5,8,10,12,15,17,20H,3-4,6-7,9,11,13H2,(H,22,24);2*1H. The van der Waals surface area contributed by atoms with Gasteiger partial charge in [-0.05, 0) is 49.8 Å². The quantitative estimate of drug-likeness (QED) is 0.827. The number of carbonyl (C=O) groups is 1. The number of nitrogens with one attached hydrogen (secondary N) is 2. The van der Waals surface area contributed by atoms with Gasteiger partial charge in [0.15, 0.2) is 0 Å². The molecule has 7 heteroatoms. The van der Waals surface area contributed by atoms with Crippen LogP contribution in [-0.2, 0) is 11.2 Å². The lowest BCUT2D eigenvalue weighted by molar-refractivity contribution is -0.116. The van der Waals surface area contributed by atoms with Gasteiger partial charge in [-0.3, -0.25) is 4.79 Å². The SMILES string of the molecule is Cl.Cl.O=C(CC1CCCN1)Nc1ccnn1C1CCCc2ccccc21. The maximum Gasteiger partial charge on any atom is 0.227 e. The molecule has 2 aliphatic rings. The van der Waals surface area contributed by atoms with Gasteiger partial charge in [0.2, 0.25) is 5.91 Å². The second kappa shape index (κ2) is 9.40. The average molecular weight is 397 g/mol. The number of fused-ring (bicyclic) bond motifs is 1. The maximum absolute atomic E-state index is 12.4. The van der Waals surface area contributed by atoms with Crippen molar-refractivity contribution in [2.45, 2.75) is 50.6 Å². The Morgan fingerprint density at radius 3 is 2.85 bits per heavy atom. The molecule has 1 aromatic heterocycles. The summed E-state index contributed by atoms with van der Waals surface area (Å²) in [6.07, 6.45) is 7.90. The van der Waals surface area contributed by atoms with Crippen LogP contribution in [0.5, 0.6) is 0 Å². The normalized spacial score (nSPS) is 21.2. The van der Waals surface area contributed by atoms with E-state index < -0.39 is 0 Å². The molecule has 2 N–H and O–H groups in total. The third-order valence-corrected chi connectivity index (χ3v) is 5.16. The summed E-state index contributed by atoms with van der Waals surface area (Å²) < 4.78 is 1.98. The number of rotatable bonds is 4. The second-order valence-corrected chi connectivity index (χ2v) is 6.81. The largest absolute Gasteiger partial charge is 0.313 e. The first-order valence-electron chi connectivity index (χ1n) is 8.96. The number of aryl methyl sites for hydroxylation is 1. The highest BCUT2D eigenvalue weighted by atomic mass is 35.5.